The maximum atomic E-state index is 11.8. The zero-order valence-corrected chi connectivity index (χ0v) is 26.2. The molecule has 2 heterocycles. The number of likely N-dealkylation sites (tertiary alicyclic amines) is 1. The summed E-state index contributed by atoms with van der Waals surface area (Å²) in [5, 5.41) is 2.49. The zero-order chi connectivity index (χ0) is 33.1. The van der Waals surface area contributed by atoms with Gasteiger partial charge in [-0.1, -0.05) is 0 Å². The first-order valence-electron chi connectivity index (χ1n) is 13.1. The number of esters is 2. The molecule has 0 aromatic carbocycles. The van der Waals surface area contributed by atoms with E-state index in [-0.39, 0.29) is 24.7 Å². The van der Waals surface area contributed by atoms with Gasteiger partial charge in [0.1, 0.15) is 28.9 Å². The Morgan fingerprint density at radius 3 is 1.50 bits per heavy atom. The number of carbonyl (C=O) groups is 7. The van der Waals surface area contributed by atoms with Crippen molar-refractivity contribution in [2.24, 2.45) is 0 Å². The van der Waals surface area contributed by atoms with Crippen molar-refractivity contribution in [3.63, 3.8) is 0 Å². The molecule has 0 bridgehead atoms. The Balaban J connectivity index is 0.000000620. The Morgan fingerprint density at radius 2 is 1.14 bits per heavy atom. The van der Waals surface area contributed by atoms with Crippen LogP contribution in [0.2, 0.25) is 0 Å². The van der Waals surface area contributed by atoms with Gasteiger partial charge in [-0.3, -0.25) is 9.59 Å². The van der Waals surface area contributed by atoms with E-state index in [1.807, 2.05) is 0 Å². The Hall–Kier alpha value is -3.91. The third kappa shape index (κ3) is 15.8. The second-order valence-corrected chi connectivity index (χ2v) is 12.0. The maximum Gasteiger partial charge on any atom is 0.519 e. The second-order valence-electron chi connectivity index (χ2n) is 12.0. The number of ether oxygens (including phenoxy) is 6. The van der Waals surface area contributed by atoms with Crippen LogP contribution in [-0.4, -0.2) is 90.2 Å². The van der Waals surface area contributed by atoms with Crippen LogP contribution in [-0.2, 0) is 47.6 Å². The van der Waals surface area contributed by atoms with Crippen LogP contribution >= 0.6 is 0 Å². The summed E-state index contributed by atoms with van der Waals surface area (Å²) in [6.07, 6.45) is -1.49. The molecule has 2 aliphatic heterocycles. The van der Waals surface area contributed by atoms with Gasteiger partial charge in [-0.15, -0.1) is 0 Å². The van der Waals surface area contributed by atoms with Crippen LogP contribution in [0.3, 0.4) is 0 Å². The van der Waals surface area contributed by atoms with Crippen LogP contribution in [0.15, 0.2) is 0 Å². The first-order valence-corrected chi connectivity index (χ1v) is 13.1. The lowest BCUT2D eigenvalue weighted by Gasteiger charge is -2.26. The van der Waals surface area contributed by atoms with Crippen molar-refractivity contribution in [3.8, 4) is 0 Å². The molecule has 2 rings (SSSR count). The predicted octanol–water partition coefficient (Wildman–Crippen LogP) is 3.40. The topological polar surface area (TPSA) is 190 Å². The maximum absolute atomic E-state index is 11.8. The minimum atomic E-state index is -1.06. The molecule has 0 spiro atoms. The van der Waals surface area contributed by atoms with Crippen molar-refractivity contribution in [1.29, 1.82) is 0 Å². The van der Waals surface area contributed by atoms with Gasteiger partial charge in [0.15, 0.2) is 0 Å². The van der Waals surface area contributed by atoms with Gasteiger partial charge >= 0.3 is 30.3 Å². The molecule has 1 N–H and O–H groups in total. The quantitative estimate of drug-likeness (QED) is 0.274. The summed E-state index contributed by atoms with van der Waals surface area (Å²) in [7, 11) is 2.53. The van der Waals surface area contributed by atoms with Crippen molar-refractivity contribution < 1.29 is 62.0 Å². The number of methoxy groups -OCH3 is 2. The molecule has 2 atom stereocenters. The van der Waals surface area contributed by atoms with Gasteiger partial charge in [-0.05, 0) is 75.2 Å². The van der Waals surface area contributed by atoms with E-state index in [1.54, 1.807) is 62.3 Å². The molecule has 15 heteroatoms. The summed E-state index contributed by atoms with van der Waals surface area (Å²) in [5.41, 5.74) is -2.10. The minimum Gasteiger partial charge on any atom is -0.467 e. The smallest absolute Gasteiger partial charge is 0.467 e. The molecule has 240 valence electrons. The Morgan fingerprint density at radius 1 is 0.690 bits per heavy atom. The summed E-state index contributed by atoms with van der Waals surface area (Å²) in [4.78, 5) is 78.9. The lowest BCUT2D eigenvalue weighted by molar-refractivity contribution is -0.148. The Kier molecular flexibility index (Phi) is 14.4. The molecule has 0 aromatic heterocycles. The van der Waals surface area contributed by atoms with Gasteiger partial charge in [0.05, 0.1) is 14.2 Å². The largest absolute Gasteiger partial charge is 0.519 e. The standard InChI is InChI=1S/C11H17NO5.C10H18O5.C6H9NO3/c1-11(2,3)17-10(15)12-7(9(14)16-4)5-6-8(12)13;1-9(2,3)14-7(11)13-8(12)15-10(4,5)6;1-10-6(9)4-2-3-5(8)7-4/h7H,5-6H2,1-4H3;1-6H3;4H,2-3H2,1H3,(H,7,8)/t7-;;4-/m0.0/s1. The summed E-state index contributed by atoms with van der Waals surface area (Å²) in [6, 6.07) is -1.26. The number of amides is 3. The number of nitrogens with zero attached hydrogens (tertiary/aromatic N) is 1. The first kappa shape index (κ1) is 38.1. The van der Waals surface area contributed by atoms with Gasteiger partial charge in [-0.25, -0.2) is 28.9 Å². The van der Waals surface area contributed by atoms with Crippen LogP contribution < -0.4 is 5.32 Å². The van der Waals surface area contributed by atoms with E-state index in [0.717, 1.165) is 4.90 Å². The van der Waals surface area contributed by atoms with Crippen molar-refractivity contribution in [2.75, 3.05) is 14.2 Å². The van der Waals surface area contributed by atoms with Gasteiger partial charge in [0.2, 0.25) is 11.8 Å². The molecule has 0 aromatic rings. The van der Waals surface area contributed by atoms with E-state index in [9.17, 15) is 33.6 Å². The Labute approximate surface area is 245 Å². The molecule has 42 heavy (non-hydrogen) atoms. The average Bonchev–Trinajstić information content (AvgIpc) is 3.40. The van der Waals surface area contributed by atoms with E-state index in [4.69, 9.17) is 14.2 Å². The normalized spacial score (nSPS) is 18.2. The highest BCUT2D eigenvalue weighted by atomic mass is 16.8. The molecule has 2 aliphatic rings. The SMILES string of the molecule is CC(C)(C)OC(=O)OC(=O)OC(C)(C)C.COC(=O)[C@@H]1CCC(=O)N1.COC(=O)[C@@H]1CCC(=O)N1C(=O)OC(C)(C)C. The molecule has 0 radical (unpaired) electrons. The average molecular weight is 605 g/mol. The highest BCUT2D eigenvalue weighted by molar-refractivity contribution is 5.99. The van der Waals surface area contributed by atoms with E-state index in [2.05, 4.69) is 19.5 Å². The highest BCUT2D eigenvalue weighted by Gasteiger charge is 2.43. The van der Waals surface area contributed by atoms with E-state index in [0.29, 0.717) is 12.8 Å². The van der Waals surface area contributed by atoms with Crippen LogP contribution in [0.4, 0.5) is 14.4 Å². The number of hydrogen-bond acceptors (Lipinski definition) is 13. The number of hydrogen-bond donors (Lipinski definition) is 1. The minimum absolute atomic E-state index is 0.0737. The molecule has 0 unspecified atom stereocenters. The van der Waals surface area contributed by atoms with Crippen molar-refractivity contribution in [2.45, 2.75) is 117 Å². The van der Waals surface area contributed by atoms with Crippen molar-refractivity contribution >= 4 is 42.2 Å². The summed E-state index contributed by atoms with van der Waals surface area (Å²) in [6.45, 7) is 15.1. The fraction of sp³-hybridized carbons (Fsp3) is 0.741. The predicted molar refractivity (Wildman–Crippen MR) is 145 cm³/mol. The third-order valence-corrected chi connectivity index (χ3v) is 4.70. The molecule has 2 fully saturated rings. The Bertz CT molecular complexity index is 977. The van der Waals surface area contributed by atoms with Crippen LogP contribution in [0.5, 0.6) is 0 Å². The molecule has 0 aliphatic carbocycles. The number of nitrogens with one attached hydrogen (secondary N) is 1. The van der Waals surface area contributed by atoms with E-state index < -0.39 is 59.2 Å². The zero-order valence-electron chi connectivity index (χ0n) is 26.2. The first-order chi connectivity index (χ1) is 19.0. The van der Waals surface area contributed by atoms with E-state index in [1.165, 1.54) is 14.2 Å². The number of rotatable bonds is 2. The fourth-order valence-electron chi connectivity index (χ4n) is 3.13. The van der Waals surface area contributed by atoms with E-state index >= 15 is 0 Å². The monoisotopic (exact) mass is 604 g/mol. The fourth-order valence-corrected chi connectivity index (χ4v) is 3.13. The summed E-state index contributed by atoms with van der Waals surface area (Å²) in [5.74, 6) is -1.43. The van der Waals surface area contributed by atoms with Gasteiger partial charge in [0, 0.05) is 12.8 Å². The highest BCUT2D eigenvalue weighted by Crippen LogP contribution is 2.23. The van der Waals surface area contributed by atoms with Crippen LogP contribution in [0, 0.1) is 0 Å². The van der Waals surface area contributed by atoms with Crippen LogP contribution in [0.25, 0.3) is 0 Å². The number of carbonyl (C=O) groups excluding carboxylic acids is 7. The molecule has 0 saturated carbocycles. The lowest BCUT2D eigenvalue weighted by atomic mass is 10.2. The number of imide groups is 1. The summed E-state index contributed by atoms with van der Waals surface area (Å²) >= 11 is 0. The second kappa shape index (κ2) is 15.9. The molecule has 15 nitrogen and oxygen atoms in total. The van der Waals surface area contributed by atoms with Crippen LogP contribution in [0.1, 0.15) is 88.0 Å². The van der Waals surface area contributed by atoms with Gasteiger partial charge in [0.25, 0.3) is 0 Å². The molecule has 2 saturated heterocycles. The van der Waals surface area contributed by atoms with Crippen molar-refractivity contribution in [3.05, 3.63) is 0 Å². The molecular weight excluding hydrogens is 560 g/mol. The molecule has 3 amide bonds. The third-order valence-electron chi connectivity index (χ3n) is 4.70. The summed E-state index contributed by atoms with van der Waals surface area (Å²) < 4.78 is 27.9. The molecular formula is C27H44N2O13. The lowest BCUT2D eigenvalue weighted by Crippen LogP contribution is -2.45. The van der Waals surface area contributed by atoms with Crippen molar-refractivity contribution in [1.82, 2.24) is 10.2 Å². The van der Waals surface area contributed by atoms with Gasteiger partial charge in [-0.2, -0.15) is 0 Å². The van der Waals surface area contributed by atoms with Gasteiger partial charge < -0.3 is 33.7 Å².